The quantitative estimate of drug-likeness (QED) is 0.198. The predicted molar refractivity (Wildman–Crippen MR) is 175 cm³/mol. The summed E-state index contributed by atoms with van der Waals surface area (Å²) in [7, 11) is 0. The fourth-order valence-electron chi connectivity index (χ4n) is 4.10. The largest absolute Gasteiger partial charge is 0.489 e. The van der Waals surface area contributed by atoms with Gasteiger partial charge in [-0.1, -0.05) is 110 Å². The van der Waals surface area contributed by atoms with E-state index in [0.717, 1.165) is 59.1 Å². The third-order valence-corrected chi connectivity index (χ3v) is 6.50. The predicted octanol–water partition coefficient (Wildman–Crippen LogP) is 11.2. The third-order valence-electron chi connectivity index (χ3n) is 6.50. The first-order chi connectivity index (χ1) is 19.2. The normalized spacial score (nSPS) is 12.4. The van der Waals surface area contributed by atoms with Crippen molar-refractivity contribution in [3.8, 4) is 11.8 Å². The van der Waals surface area contributed by atoms with Gasteiger partial charge in [0.15, 0.2) is 5.78 Å². The van der Waals surface area contributed by atoms with E-state index in [9.17, 15) is 10.1 Å². The van der Waals surface area contributed by atoms with Crippen LogP contribution in [0.2, 0.25) is 0 Å². The number of hydrogen-bond acceptors (Lipinski definition) is 3. The Morgan fingerprint density at radius 2 is 1.52 bits per heavy atom. The van der Waals surface area contributed by atoms with Crippen LogP contribution in [-0.2, 0) is 0 Å². The Morgan fingerprint density at radius 1 is 0.950 bits per heavy atom. The lowest BCUT2D eigenvalue weighted by Gasteiger charge is -2.19. The molecule has 0 aliphatic rings. The summed E-state index contributed by atoms with van der Waals surface area (Å²) < 4.78 is 6.21. The second kappa shape index (κ2) is 20.3. The summed E-state index contributed by atoms with van der Waals surface area (Å²) in [5.74, 6) is 0.707. The molecule has 3 nitrogen and oxygen atoms in total. The molecule has 0 fully saturated rings. The zero-order valence-corrected chi connectivity index (χ0v) is 26.7. The maximum Gasteiger partial charge on any atom is 0.159 e. The van der Waals surface area contributed by atoms with Crippen LogP contribution in [0.4, 0.5) is 0 Å². The molecular formula is C37H51NO2. The Balaban J connectivity index is 0.00000363. The lowest BCUT2D eigenvalue weighted by atomic mass is 9.92. The molecule has 1 atom stereocenters. The molecule has 0 radical (unpaired) electrons. The summed E-state index contributed by atoms with van der Waals surface area (Å²) in [6, 6.07) is 15.9. The van der Waals surface area contributed by atoms with Gasteiger partial charge in [-0.05, 0) is 86.1 Å². The van der Waals surface area contributed by atoms with Crippen molar-refractivity contribution < 1.29 is 9.53 Å². The highest BCUT2D eigenvalue weighted by Gasteiger charge is 2.14. The number of carbonyl (C=O) groups is 1. The first-order valence-corrected chi connectivity index (χ1v) is 14.8. The number of unbranched alkanes of at least 4 members (excludes halogenated alkanes) is 1. The summed E-state index contributed by atoms with van der Waals surface area (Å²) in [6.07, 6.45) is 10.2. The van der Waals surface area contributed by atoms with Gasteiger partial charge in [0, 0.05) is 5.56 Å². The lowest BCUT2D eigenvalue weighted by Crippen LogP contribution is -2.15. The number of ketones is 1. The number of rotatable bonds is 12. The second-order valence-corrected chi connectivity index (χ2v) is 9.20. The molecule has 2 rings (SSSR count). The van der Waals surface area contributed by atoms with Crippen molar-refractivity contribution in [1.29, 1.82) is 5.26 Å². The molecule has 0 amide bonds. The van der Waals surface area contributed by atoms with Crippen LogP contribution in [0, 0.1) is 11.3 Å². The Morgan fingerprint density at radius 3 is 2.02 bits per heavy atom. The molecule has 40 heavy (non-hydrogen) atoms. The average Bonchev–Trinajstić information content (AvgIpc) is 2.99. The van der Waals surface area contributed by atoms with Gasteiger partial charge in [-0.25, -0.2) is 0 Å². The van der Waals surface area contributed by atoms with Gasteiger partial charge in [-0.15, -0.1) is 0 Å². The number of nitrogens with zero attached hydrogens (tertiary/aromatic N) is 1. The first kappa shape index (κ1) is 36.4. The van der Waals surface area contributed by atoms with E-state index in [0.29, 0.717) is 16.9 Å². The monoisotopic (exact) mass is 541 g/mol. The molecular weight excluding hydrogens is 490 g/mol. The van der Waals surface area contributed by atoms with E-state index >= 15 is 0 Å². The average molecular weight is 542 g/mol. The number of nitriles is 1. The molecule has 216 valence electrons. The molecule has 0 heterocycles. The highest BCUT2D eigenvalue weighted by Crippen LogP contribution is 2.31. The van der Waals surface area contributed by atoms with E-state index in [1.807, 2.05) is 76.2 Å². The van der Waals surface area contributed by atoms with Crippen LogP contribution < -0.4 is 4.74 Å². The lowest BCUT2D eigenvalue weighted by molar-refractivity contribution is 0.101. The molecule has 0 bridgehead atoms. The number of allylic oxidation sites excluding steroid dienone is 7. The molecule has 2 aromatic rings. The van der Waals surface area contributed by atoms with E-state index in [1.165, 1.54) is 0 Å². The van der Waals surface area contributed by atoms with Crippen molar-refractivity contribution in [2.24, 2.45) is 0 Å². The summed E-state index contributed by atoms with van der Waals surface area (Å²) >= 11 is 0. The standard InChI is InChI=1S/C33H39NO2.2C2H6/c1-8-11-13-31(10-3)36-33-19-18-29(21-30(33)22-34)32(12-9-2)25(6)23(4)20-24(5)27-14-16-28(17-15-27)26(7)35;2*1-2/h9,12,14-21,31H,2,8,10-11,13H2,1,3-7H3;2*1-2H3/b24-20+,25-23+,32-12+;;. The highest BCUT2D eigenvalue weighted by molar-refractivity contribution is 5.94. The molecule has 0 spiro atoms. The van der Waals surface area contributed by atoms with Crippen LogP contribution >= 0.6 is 0 Å². The molecule has 0 N–H and O–H groups in total. The van der Waals surface area contributed by atoms with Gasteiger partial charge in [0.2, 0.25) is 0 Å². The van der Waals surface area contributed by atoms with Crippen LogP contribution in [0.5, 0.6) is 5.75 Å². The van der Waals surface area contributed by atoms with Gasteiger partial charge in [0.25, 0.3) is 0 Å². The van der Waals surface area contributed by atoms with Crippen molar-refractivity contribution >= 4 is 16.9 Å². The molecule has 0 saturated heterocycles. The van der Waals surface area contributed by atoms with Crippen LogP contribution in [-0.4, -0.2) is 11.9 Å². The minimum Gasteiger partial charge on any atom is -0.489 e. The molecule has 0 saturated carbocycles. The fourth-order valence-corrected chi connectivity index (χ4v) is 4.10. The van der Waals surface area contributed by atoms with E-state index in [2.05, 4.69) is 53.3 Å². The first-order valence-electron chi connectivity index (χ1n) is 14.8. The zero-order chi connectivity index (χ0) is 30.7. The summed E-state index contributed by atoms with van der Waals surface area (Å²) in [5.41, 5.74) is 7.61. The number of ether oxygens (including phenoxy) is 1. The van der Waals surface area contributed by atoms with Crippen LogP contribution in [0.15, 0.2) is 78.4 Å². The number of hydrogen-bond donors (Lipinski definition) is 0. The molecule has 2 aromatic carbocycles. The van der Waals surface area contributed by atoms with Gasteiger partial charge in [-0.2, -0.15) is 5.26 Å². The Kier molecular flexibility index (Phi) is 18.4. The molecule has 0 aliphatic carbocycles. The minimum atomic E-state index is 0.0636. The number of benzene rings is 2. The molecule has 0 aromatic heterocycles. The van der Waals surface area contributed by atoms with Gasteiger partial charge >= 0.3 is 0 Å². The third kappa shape index (κ3) is 11.2. The summed E-state index contributed by atoms with van der Waals surface area (Å²) in [6.45, 7) is 24.0. The number of Topliss-reactive ketones (excluding diaryl/α,β-unsaturated/α-hetero) is 1. The van der Waals surface area contributed by atoms with Crippen molar-refractivity contribution in [3.05, 3.63) is 101 Å². The maximum absolute atomic E-state index is 11.6. The van der Waals surface area contributed by atoms with E-state index in [-0.39, 0.29) is 11.9 Å². The van der Waals surface area contributed by atoms with Crippen molar-refractivity contribution in [2.45, 2.75) is 101 Å². The van der Waals surface area contributed by atoms with E-state index in [4.69, 9.17) is 4.74 Å². The zero-order valence-electron chi connectivity index (χ0n) is 26.7. The van der Waals surface area contributed by atoms with Crippen LogP contribution in [0.3, 0.4) is 0 Å². The minimum absolute atomic E-state index is 0.0636. The number of carbonyl (C=O) groups excluding carboxylic acids is 1. The van der Waals surface area contributed by atoms with Crippen LogP contribution in [0.1, 0.15) is 122 Å². The SMILES string of the molecule is C=C\C=C(/C(C)=C(C)/C=C(\C)c1ccc(C(C)=O)cc1)c1ccc(OC(CC)CCCC)c(C#N)c1.CC.CC. The van der Waals surface area contributed by atoms with Crippen molar-refractivity contribution in [2.75, 3.05) is 0 Å². The fraction of sp³-hybridized carbons (Fsp3) is 0.405. The molecule has 1 unspecified atom stereocenters. The topological polar surface area (TPSA) is 50.1 Å². The van der Waals surface area contributed by atoms with Crippen molar-refractivity contribution in [3.63, 3.8) is 0 Å². The van der Waals surface area contributed by atoms with Gasteiger partial charge in [-0.3, -0.25) is 4.79 Å². The van der Waals surface area contributed by atoms with Gasteiger partial charge in [0.1, 0.15) is 11.8 Å². The Labute approximate surface area is 245 Å². The molecule has 0 aliphatic heterocycles. The van der Waals surface area contributed by atoms with E-state index < -0.39 is 0 Å². The smallest absolute Gasteiger partial charge is 0.159 e. The second-order valence-electron chi connectivity index (χ2n) is 9.20. The van der Waals surface area contributed by atoms with E-state index in [1.54, 1.807) is 13.0 Å². The maximum atomic E-state index is 11.6. The molecule has 3 heteroatoms. The van der Waals surface area contributed by atoms with Crippen LogP contribution in [0.25, 0.3) is 11.1 Å². The highest BCUT2D eigenvalue weighted by atomic mass is 16.5. The van der Waals surface area contributed by atoms with Gasteiger partial charge in [0.05, 0.1) is 11.7 Å². The van der Waals surface area contributed by atoms with Gasteiger partial charge < -0.3 is 4.74 Å². The van der Waals surface area contributed by atoms with Crippen molar-refractivity contribution in [1.82, 2.24) is 0 Å². The summed E-state index contributed by atoms with van der Waals surface area (Å²) in [5, 5.41) is 9.85. The summed E-state index contributed by atoms with van der Waals surface area (Å²) in [4.78, 5) is 11.6. The Hall–Kier alpha value is -3.64. The Bertz CT molecular complexity index is 1200.